The van der Waals surface area contributed by atoms with E-state index in [4.69, 9.17) is 4.42 Å². The Kier molecular flexibility index (Phi) is 2.53. The second kappa shape index (κ2) is 4.08. The van der Waals surface area contributed by atoms with E-state index in [0.717, 1.165) is 16.7 Å². The van der Waals surface area contributed by atoms with Gasteiger partial charge in [-0.1, -0.05) is 32.5 Å². The highest BCUT2D eigenvalue weighted by Gasteiger charge is 2.42. The highest BCUT2D eigenvalue weighted by Crippen LogP contribution is 2.51. The van der Waals surface area contributed by atoms with Crippen molar-refractivity contribution in [2.75, 3.05) is 5.01 Å². The van der Waals surface area contributed by atoms with E-state index in [1.807, 2.05) is 12.1 Å². The number of thioether (sulfide) groups is 2. The second-order valence-corrected chi connectivity index (χ2v) is 7.72. The quantitative estimate of drug-likeness (QED) is 0.804. The maximum atomic E-state index is 5.58. The molecule has 0 aliphatic carbocycles. The number of aromatic nitrogens is 3. The Morgan fingerprint density at radius 1 is 1.30 bits per heavy atom. The van der Waals surface area contributed by atoms with Crippen molar-refractivity contribution in [3.63, 3.8) is 0 Å². The molecule has 0 radical (unpaired) electrons. The Morgan fingerprint density at radius 3 is 2.85 bits per heavy atom. The van der Waals surface area contributed by atoms with Crippen LogP contribution in [0.5, 0.6) is 0 Å². The van der Waals surface area contributed by atoms with Crippen LogP contribution in [0.25, 0.3) is 0 Å². The molecule has 104 valence electrons. The van der Waals surface area contributed by atoms with E-state index in [2.05, 4.69) is 46.1 Å². The van der Waals surface area contributed by atoms with Gasteiger partial charge in [-0.15, -0.1) is 10.2 Å². The molecule has 1 atom stereocenters. The summed E-state index contributed by atoms with van der Waals surface area (Å²) < 4.78 is 7.71. The lowest BCUT2D eigenvalue weighted by atomic mass is 9.96. The molecule has 0 amide bonds. The number of hydrogen-bond donors (Lipinski definition) is 0. The molecule has 0 bridgehead atoms. The lowest BCUT2D eigenvalue weighted by Gasteiger charge is -2.27. The lowest BCUT2D eigenvalue weighted by molar-refractivity contribution is 0.452. The van der Waals surface area contributed by atoms with Crippen LogP contribution in [0.2, 0.25) is 0 Å². The molecule has 2 aromatic heterocycles. The predicted molar refractivity (Wildman–Crippen MR) is 79.9 cm³/mol. The zero-order valence-corrected chi connectivity index (χ0v) is 13.0. The molecule has 0 saturated heterocycles. The van der Waals surface area contributed by atoms with E-state index in [9.17, 15) is 0 Å². The highest BCUT2D eigenvalue weighted by molar-refractivity contribution is 8.07. The van der Waals surface area contributed by atoms with Crippen molar-refractivity contribution in [3.8, 4) is 0 Å². The highest BCUT2D eigenvalue weighted by atomic mass is 32.2. The summed E-state index contributed by atoms with van der Waals surface area (Å²) in [7, 11) is 0. The average Bonchev–Trinajstić information content (AvgIpc) is 3.08. The Bertz CT molecular complexity index is 684. The van der Waals surface area contributed by atoms with Crippen LogP contribution in [0.3, 0.4) is 0 Å². The van der Waals surface area contributed by atoms with Crippen molar-refractivity contribution in [3.05, 3.63) is 40.4 Å². The first kappa shape index (κ1) is 12.4. The molecule has 0 aromatic carbocycles. The van der Waals surface area contributed by atoms with E-state index < -0.39 is 0 Å². The molecule has 2 aliphatic heterocycles. The Labute approximate surface area is 125 Å². The summed E-state index contributed by atoms with van der Waals surface area (Å²) in [5, 5.41) is 15.3. The fourth-order valence-electron chi connectivity index (χ4n) is 2.33. The molecule has 0 N–H and O–H groups in total. The van der Waals surface area contributed by atoms with Crippen LogP contribution >= 0.6 is 23.5 Å². The van der Waals surface area contributed by atoms with E-state index in [1.54, 1.807) is 29.8 Å². The van der Waals surface area contributed by atoms with E-state index in [1.165, 1.54) is 5.03 Å². The van der Waals surface area contributed by atoms with Crippen LogP contribution in [0, 0.1) is 0 Å². The summed E-state index contributed by atoms with van der Waals surface area (Å²) in [5.74, 6) is 1.92. The van der Waals surface area contributed by atoms with E-state index >= 15 is 0 Å². The molecule has 1 unspecified atom stereocenters. The minimum atomic E-state index is -0.0533. The maximum absolute atomic E-state index is 5.58. The molecule has 2 aromatic rings. The standard InChI is InChI=1S/C13H14N4OS2/c1-13(2,3)11-14-15-12-17(11)16-9(20-12)7-19-10(16)8-5-4-6-18-8/h4-7,10H,1-3H3. The largest absolute Gasteiger partial charge is 0.466 e. The third-order valence-electron chi connectivity index (χ3n) is 3.23. The predicted octanol–water partition coefficient (Wildman–Crippen LogP) is 3.46. The fraction of sp³-hybridized carbons (Fsp3) is 0.385. The van der Waals surface area contributed by atoms with Crippen molar-refractivity contribution in [2.24, 2.45) is 0 Å². The van der Waals surface area contributed by atoms with Gasteiger partial charge in [-0.25, -0.2) is 9.69 Å². The van der Waals surface area contributed by atoms with Crippen molar-refractivity contribution in [1.82, 2.24) is 14.9 Å². The van der Waals surface area contributed by atoms with Gasteiger partial charge in [0.05, 0.1) is 6.26 Å². The first-order valence-electron chi connectivity index (χ1n) is 6.38. The minimum Gasteiger partial charge on any atom is -0.466 e. The molecular weight excluding hydrogens is 292 g/mol. The number of nitrogens with zero attached hydrogens (tertiary/aromatic N) is 4. The monoisotopic (exact) mass is 306 g/mol. The molecule has 7 heteroatoms. The molecule has 2 aliphatic rings. The van der Waals surface area contributed by atoms with Crippen molar-refractivity contribution in [1.29, 1.82) is 0 Å². The summed E-state index contributed by atoms with van der Waals surface area (Å²) in [6.07, 6.45) is 1.72. The van der Waals surface area contributed by atoms with Crippen molar-refractivity contribution >= 4 is 23.5 Å². The molecule has 5 nitrogen and oxygen atoms in total. The summed E-state index contributed by atoms with van der Waals surface area (Å²) in [6.45, 7) is 6.46. The molecule has 20 heavy (non-hydrogen) atoms. The van der Waals surface area contributed by atoms with Gasteiger partial charge in [0.1, 0.15) is 10.8 Å². The first-order valence-corrected chi connectivity index (χ1v) is 8.14. The van der Waals surface area contributed by atoms with Crippen LogP contribution in [0.15, 0.2) is 38.4 Å². The van der Waals surface area contributed by atoms with Gasteiger partial charge in [0.2, 0.25) is 5.16 Å². The Balaban J connectivity index is 1.82. The minimum absolute atomic E-state index is 0.0533. The number of fused-ring (bicyclic) bond motifs is 3. The number of rotatable bonds is 1. The summed E-state index contributed by atoms with van der Waals surface area (Å²) in [4.78, 5) is 0. The Morgan fingerprint density at radius 2 is 2.15 bits per heavy atom. The fourth-order valence-corrected chi connectivity index (χ4v) is 4.51. The molecule has 0 saturated carbocycles. The van der Waals surface area contributed by atoms with Crippen LogP contribution in [0.1, 0.15) is 37.7 Å². The van der Waals surface area contributed by atoms with E-state index in [0.29, 0.717) is 0 Å². The van der Waals surface area contributed by atoms with Gasteiger partial charge in [-0.3, -0.25) is 0 Å². The maximum Gasteiger partial charge on any atom is 0.216 e. The van der Waals surface area contributed by atoms with Gasteiger partial charge < -0.3 is 4.42 Å². The zero-order chi connectivity index (χ0) is 13.9. The van der Waals surface area contributed by atoms with Gasteiger partial charge in [0.25, 0.3) is 0 Å². The zero-order valence-electron chi connectivity index (χ0n) is 11.4. The molecule has 0 fully saturated rings. The van der Waals surface area contributed by atoms with Crippen molar-refractivity contribution in [2.45, 2.75) is 36.7 Å². The Hall–Kier alpha value is -1.34. The first-order chi connectivity index (χ1) is 9.55. The summed E-state index contributed by atoms with van der Waals surface area (Å²) >= 11 is 3.41. The van der Waals surface area contributed by atoms with Crippen LogP contribution < -0.4 is 5.01 Å². The number of furan rings is 1. The third kappa shape index (κ3) is 1.66. The van der Waals surface area contributed by atoms with Gasteiger partial charge in [-0.05, 0) is 23.9 Å². The lowest BCUT2D eigenvalue weighted by Crippen LogP contribution is -2.33. The van der Waals surface area contributed by atoms with Crippen LogP contribution in [-0.2, 0) is 5.41 Å². The van der Waals surface area contributed by atoms with Gasteiger partial charge in [0, 0.05) is 10.8 Å². The van der Waals surface area contributed by atoms with Crippen LogP contribution in [-0.4, -0.2) is 14.9 Å². The molecule has 0 spiro atoms. The molecule has 4 rings (SSSR count). The van der Waals surface area contributed by atoms with E-state index in [-0.39, 0.29) is 10.8 Å². The third-order valence-corrected chi connectivity index (χ3v) is 5.38. The normalized spacial score (nSPS) is 21.1. The smallest absolute Gasteiger partial charge is 0.216 e. The van der Waals surface area contributed by atoms with Gasteiger partial charge in [-0.2, -0.15) is 0 Å². The topological polar surface area (TPSA) is 47.1 Å². The van der Waals surface area contributed by atoms with Crippen molar-refractivity contribution < 1.29 is 4.42 Å². The SMILES string of the molecule is CC(C)(C)c1nnc2n1N1C(=CSC1c1ccco1)S2. The van der Waals surface area contributed by atoms with Gasteiger partial charge in [0.15, 0.2) is 11.2 Å². The average molecular weight is 306 g/mol. The van der Waals surface area contributed by atoms with Gasteiger partial charge >= 0.3 is 0 Å². The molecule has 4 heterocycles. The molecular formula is C13H14N4OS2. The summed E-state index contributed by atoms with van der Waals surface area (Å²) in [5.41, 5.74) is -0.0533. The van der Waals surface area contributed by atoms with Crippen LogP contribution in [0.4, 0.5) is 0 Å². The summed E-state index contributed by atoms with van der Waals surface area (Å²) in [6, 6.07) is 3.94. The second-order valence-electron chi connectivity index (χ2n) is 5.77. The number of hydrogen-bond acceptors (Lipinski definition) is 6.